The summed E-state index contributed by atoms with van der Waals surface area (Å²) in [5.41, 5.74) is 3.02. The van der Waals surface area contributed by atoms with Crippen LogP contribution >= 0.6 is 11.8 Å². The van der Waals surface area contributed by atoms with E-state index < -0.39 is 0 Å². The van der Waals surface area contributed by atoms with Crippen molar-refractivity contribution in [2.45, 2.75) is 37.8 Å². The molecule has 0 bridgehead atoms. The lowest BCUT2D eigenvalue weighted by molar-refractivity contribution is 0.558. The Morgan fingerprint density at radius 3 is 2.94 bits per heavy atom. The monoisotopic (exact) mass is 233 g/mol. The van der Waals surface area contributed by atoms with Crippen molar-refractivity contribution in [3.8, 4) is 0 Å². The van der Waals surface area contributed by atoms with Crippen LogP contribution in [0.25, 0.3) is 0 Å². The van der Waals surface area contributed by atoms with Crippen molar-refractivity contribution in [1.82, 2.24) is 5.32 Å². The van der Waals surface area contributed by atoms with Crippen LogP contribution in [0.1, 0.15) is 36.3 Å². The first kappa shape index (κ1) is 10.7. The SMILES string of the molecule is c1cc(CNC2CCSC2)cc(C2CC2)c1. The third kappa shape index (κ3) is 2.61. The average Bonchev–Trinajstić information content (AvgIpc) is 3.05. The van der Waals surface area contributed by atoms with Crippen LogP contribution in [0.15, 0.2) is 24.3 Å². The molecule has 1 saturated carbocycles. The third-order valence-corrected chi connectivity index (χ3v) is 4.69. The van der Waals surface area contributed by atoms with Crippen molar-refractivity contribution < 1.29 is 0 Å². The minimum Gasteiger partial charge on any atom is -0.309 e. The Morgan fingerprint density at radius 1 is 1.25 bits per heavy atom. The first-order chi connectivity index (χ1) is 7.92. The van der Waals surface area contributed by atoms with E-state index in [1.165, 1.54) is 36.3 Å². The summed E-state index contributed by atoms with van der Waals surface area (Å²) < 4.78 is 0. The molecule has 1 saturated heterocycles. The van der Waals surface area contributed by atoms with Crippen molar-refractivity contribution >= 4 is 11.8 Å². The van der Waals surface area contributed by atoms with Crippen LogP contribution in [0.5, 0.6) is 0 Å². The maximum absolute atomic E-state index is 3.66. The molecule has 0 amide bonds. The van der Waals surface area contributed by atoms with E-state index in [0.717, 1.165) is 18.5 Å². The van der Waals surface area contributed by atoms with E-state index in [1.54, 1.807) is 5.56 Å². The van der Waals surface area contributed by atoms with E-state index in [4.69, 9.17) is 0 Å². The summed E-state index contributed by atoms with van der Waals surface area (Å²) in [7, 11) is 0. The fraction of sp³-hybridized carbons (Fsp3) is 0.571. The molecule has 1 N–H and O–H groups in total. The van der Waals surface area contributed by atoms with Gasteiger partial charge in [-0.15, -0.1) is 0 Å². The maximum atomic E-state index is 3.66. The number of hydrogen-bond acceptors (Lipinski definition) is 2. The summed E-state index contributed by atoms with van der Waals surface area (Å²) in [5.74, 6) is 3.50. The molecule has 1 unspecified atom stereocenters. The van der Waals surface area contributed by atoms with Crippen molar-refractivity contribution in [3.05, 3.63) is 35.4 Å². The van der Waals surface area contributed by atoms with E-state index in [2.05, 4.69) is 41.3 Å². The van der Waals surface area contributed by atoms with E-state index in [1.807, 2.05) is 0 Å². The molecule has 86 valence electrons. The molecule has 1 atom stereocenters. The Morgan fingerprint density at radius 2 is 2.19 bits per heavy atom. The standard InChI is InChI=1S/C14H19NS/c1-2-11(8-13(3-1)12-4-5-12)9-15-14-6-7-16-10-14/h1-3,8,12,14-15H,4-7,9-10H2. The third-order valence-electron chi connectivity index (χ3n) is 3.52. The minimum absolute atomic E-state index is 0.745. The van der Waals surface area contributed by atoms with Gasteiger partial charge in [-0.05, 0) is 42.1 Å². The van der Waals surface area contributed by atoms with Crippen molar-refractivity contribution in [2.75, 3.05) is 11.5 Å². The van der Waals surface area contributed by atoms with Gasteiger partial charge in [0.25, 0.3) is 0 Å². The quantitative estimate of drug-likeness (QED) is 0.857. The van der Waals surface area contributed by atoms with Crippen LogP contribution in [0.2, 0.25) is 0 Å². The van der Waals surface area contributed by atoms with Crippen LogP contribution in [-0.4, -0.2) is 17.5 Å². The molecule has 0 aromatic heterocycles. The zero-order valence-electron chi connectivity index (χ0n) is 9.61. The summed E-state index contributed by atoms with van der Waals surface area (Å²) in [5, 5.41) is 3.66. The van der Waals surface area contributed by atoms with E-state index in [9.17, 15) is 0 Å². The van der Waals surface area contributed by atoms with Gasteiger partial charge in [-0.2, -0.15) is 11.8 Å². The molecule has 0 spiro atoms. The molecule has 0 radical (unpaired) electrons. The topological polar surface area (TPSA) is 12.0 Å². The highest BCUT2D eigenvalue weighted by atomic mass is 32.2. The Kier molecular flexibility index (Phi) is 3.20. The largest absolute Gasteiger partial charge is 0.309 e. The summed E-state index contributed by atoms with van der Waals surface area (Å²) in [6, 6.07) is 9.89. The zero-order valence-corrected chi connectivity index (χ0v) is 10.4. The predicted molar refractivity (Wildman–Crippen MR) is 71.0 cm³/mol. The van der Waals surface area contributed by atoms with E-state index in [-0.39, 0.29) is 0 Å². The molecule has 1 heterocycles. The van der Waals surface area contributed by atoms with Crippen LogP contribution in [0.3, 0.4) is 0 Å². The highest BCUT2D eigenvalue weighted by molar-refractivity contribution is 7.99. The van der Waals surface area contributed by atoms with Crippen molar-refractivity contribution in [2.24, 2.45) is 0 Å². The first-order valence-corrected chi connectivity index (χ1v) is 7.47. The lowest BCUT2D eigenvalue weighted by atomic mass is 10.1. The molecule has 2 aliphatic rings. The minimum atomic E-state index is 0.745. The van der Waals surface area contributed by atoms with Gasteiger partial charge in [-0.1, -0.05) is 24.3 Å². The Hall–Kier alpha value is -0.470. The summed E-state index contributed by atoms with van der Waals surface area (Å²) in [6.45, 7) is 1.05. The lowest BCUT2D eigenvalue weighted by Gasteiger charge is -2.11. The Labute approximate surface area is 102 Å². The lowest BCUT2D eigenvalue weighted by Crippen LogP contribution is -2.27. The van der Waals surface area contributed by atoms with Gasteiger partial charge in [0.2, 0.25) is 0 Å². The highest BCUT2D eigenvalue weighted by Crippen LogP contribution is 2.40. The normalized spacial score (nSPS) is 24.9. The van der Waals surface area contributed by atoms with Gasteiger partial charge in [0.15, 0.2) is 0 Å². The van der Waals surface area contributed by atoms with Crippen LogP contribution in [0, 0.1) is 0 Å². The molecular weight excluding hydrogens is 214 g/mol. The molecule has 1 aromatic carbocycles. The summed E-state index contributed by atoms with van der Waals surface area (Å²) >= 11 is 2.07. The Balaban J connectivity index is 1.58. The van der Waals surface area contributed by atoms with Gasteiger partial charge in [0.05, 0.1) is 0 Å². The second-order valence-corrected chi connectivity index (χ2v) is 6.11. The molecular formula is C14H19NS. The fourth-order valence-corrected chi connectivity index (χ4v) is 3.52. The molecule has 2 fully saturated rings. The van der Waals surface area contributed by atoms with Crippen LogP contribution in [-0.2, 0) is 6.54 Å². The van der Waals surface area contributed by atoms with E-state index in [0.29, 0.717) is 0 Å². The van der Waals surface area contributed by atoms with Gasteiger partial charge in [0, 0.05) is 18.3 Å². The van der Waals surface area contributed by atoms with Gasteiger partial charge in [0.1, 0.15) is 0 Å². The molecule has 16 heavy (non-hydrogen) atoms. The number of rotatable bonds is 4. The smallest absolute Gasteiger partial charge is 0.0208 e. The van der Waals surface area contributed by atoms with Crippen LogP contribution in [0.4, 0.5) is 0 Å². The van der Waals surface area contributed by atoms with Gasteiger partial charge < -0.3 is 5.32 Å². The molecule has 1 aliphatic heterocycles. The number of nitrogens with one attached hydrogen (secondary N) is 1. The Bertz CT molecular complexity index is 354. The highest BCUT2D eigenvalue weighted by Gasteiger charge is 2.23. The second-order valence-electron chi connectivity index (χ2n) is 4.96. The molecule has 3 rings (SSSR count). The van der Waals surface area contributed by atoms with Crippen molar-refractivity contribution in [1.29, 1.82) is 0 Å². The van der Waals surface area contributed by atoms with Crippen LogP contribution < -0.4 is 5.32 Å². The number of hydrogen-bond donors (Lipinski definition) is 1. The molecule has 1 aromatic rings. The van der Waals surface area contributed by atoms with Crippen molar-refractivity contribution in [3.63, 3.8) is 0 Å². The van der Waals surface area contributed by atoms with E-state index >= 15 is 0 Å². The van der Waals surface area contributed by atoms with Gasteiger partial charge in [-0.25, -0.2) is 0 Å². The number of benzene rings is 1. The zero-order chi connectivity index (χ0) is 10.8. The number of thioether (sulfide) groups is 1. The predicted octanol–water partition coefficient (Wildman–Crippen LogP) is 3.16. The maximum Gasteiger partial charge on any atom is 0.0208 e. The fourth-order valence-electron chi connectivity index (χ4n) is 2.33. The van der Waals surface area contributed by atoms with Gasteiger partial charge >= 0.3 is 0 Å². The van der Waals surface area contributed by atoms with Gasteiger partial charge in [-0.3, -0.25) is 0 Å². The molecule has 1 aliphatic carbocycles. The average molecular weight is 233 g/mol. The molecule has 2 heteroatoms. The molecule has 1 nitrogen and oxygen atoms in total. The second kappa shape index (κ2) is 4.80. The summed E-state index contributed by atoms with van der Waals surface area (Å²) in [4.78, 5) is 0. The first-order valence-electron chi connectivity index (χ1n) is 6.32. The summed E-state index contributed by atoms with van der Waals surface area (Å²) in [6.07, 6.45) is 4.14.